The highest BCUT2D eigenvalue weighted by Gasteiger charge is 1.90. The Balaban J connectivity index is -0.0000000176. The first-order chi connectivity index (χ1) is 30.0. The molecule has 0 aromatic heterocycles. The lowest BCUT2D eigenvalue weighted by Gasteiger charge is -1.68. The normalized spacial score (nSPS) is 10.0. The van der Waals surface area contributed by atoms with Crippen molar-refractivity contribution in [3.05, 3.63) is 0 Å². The fraction of sp³-hybridized carbons (Fsp3) is 0. The number of hydrogen-bond donors (Lipinski definition) is 30. The molecule has 0 fully saturated rings. The highest BCUT2D eigenvalue weighted by molar-refractivity contribution is 7.82. The van der Waals surface area contributed by atoms with Gasteiger partial charge in [-0.05, 0) is 0 Å². The fourth-order valence-electron chi connectivity index (χ4n) is 0. The molecule has 87 heavy (non-hydrogen) atoms. The smallest absolute Gasteiger partial charge is 0.394 e. The maximum Gasteiger partial charge on any atom is 0.394 e. The van der Waals surface area contributed by atoms with Crippen LogP contribution in [-0.2, 0) is 156 Å². The van der Waals surface area contributed by atoms with E-state index in [2.05, 4.69) is 0 Å². The molecule has 0 aromatic carbocycles. The van der Waals surface area contributed by atoms with E-state index >= 15 is 0 Å². The first kappa shape index (κ1) is 178. The average Bonchev–Trinajstić information content (AvgIpc) is 2.65. The van der Waals surface area contributed by atoms with Gasteiger partial charge < -0.3 is 65.7 Å². The minimum atomic E-state index is -4.67. The van der Waals surface area contributed by atoms with Crippen LogP contribution in [0.25, 0.3) is 0 Å². The van der Waals surface area contributed by atoms with Crippen molar-refractivity contribution < 1.29 is 329 Å². The lowest BCUT2D eigenvalue weighted by molar-refractivity contribution is 0.378. The van der Waals surface area contributed by atoms with Crippen LogP contribution in [0.2, 0.25) is 0 Å². The lowest BCUT2D eigenvalue weighted by atomic mass is 15.8. The Morgan fingerprint density at radius 3 is 0.0805 bits per heavy atom. The van der Waals surface area contributed by atoms with Gasteiger partial charge in [0.2, 0.25) is 0 Å². The zero-order valence-electron chi connectivity index (χ0n) is 37.8. The Morgan fingerprint density at radius 2 is 0.0805 bits per heavy atom. The van der Waals surface area contributed by atoms with Gasteiger partial charge in [-0.2, -0.15) is 126 Å². The molecule has 0 saturated heterocycles. The standard InChI is InChI=1S/15H2O4S.12H2O/c15*1-5(2,3)4;;;;;;;;;;;;/h15*(H2,1,2,3,4);12*1H2. The highest BCUT2D eigenvalue weighted by Crippen LogP contribution is 1.65. The molecule has 0 heterocycles. The Hall–Kier alpha value is -2.43. The van der Waals surface area contributed by atoms with E-state index in [0.717, 1.165) is 0 Å². The number of hydrogen-bond acceptors (Lipinski definition) is 30. The van der Waals surface area contributed by atoms with Crippen LogP contribution in [0.1, 0.15) is 0 Å². The van der Waals surface area contributed by atoms with Crippen molar-refractivity contribution >= 4 is 156 Å². The molecule has 0 saturated carbocycles. The molecule has 0 radical (unpaired) electrons. The maximum atomic E-state index is 8.74. The monoisotopic (exact) mass is 1690 g/mol. The molecule has 0 spiro atoms. The van der Waals surface area contributed by atoms with Gasteiger partial charge in [-0.15, -0.1) is 0 Å². The van der Waals surface area contributed by atoms with Gasteiger partial charge in [-0.25, -0.2) is 0 Å². The Kier molecular flexibility index (Phi) is 152. The summed E-state index contributed by atoms with van der Waals surface area (Å²) in [5.41, 5.74) is 0. The summed E-state index contributed by atoms with van der Waals surface area (Å²) in [6.07, 6.45) is 0. The minimum absolute atomic E-state index is 0. The van der Waals surface area contributed by atoms with Crippen LogP contribution < -0.4 is 0 Å². The quantitative estimate of drug-likeness (QED) is 0.100. The van der Waals surface area contributed by atoms with Crippen molar-refractivity contribution in [3.8, 4) is 0 Å². The summed E-state index contributed by atoms with van der Waals surface area (Å²) in [4.78, 5) is 0. The maximum absolute atomic E-state index is 8.74. The largest absolute Gasteiger partial charge is 0.412 e. The predicted octanol–water partition coefficient (Wildman–Crippen LogP) is -19.7. The molecule has 0 aliphatic rings. The van der Waals surface area contributed by atoms with Crippen molar-refractivity contribution in [1.82, 2.24) is 0 Å². The third-order valence-corrected chi connectivity index (χ3v) is 0. The van der Waals surface area contributed by atoms with Crippen molar-refractivity contribution in [1.29, 1.82) is 0 Å². The molecule has 0 aromatic rings. The van der Waals surface area contributed by atoms with Gasteiger partial charge in [-0.1, -0.05) is 0 Å². The highest BCUT2D eigenvalue weighted by atomic mass is 32.3. The molecule has 0 amide bonds. The zero-order valence-corrected chi connectivity index (χ0v) is 50.0. The molecule has 87 heteroatoms. The third kappa shape index (κ3) is 94200. The SMILES string of the molecule is O.O.O.O.O.O.O.O.O.O.O.O.O=S(=O)(O)O.O=S(=O)(O)O.O=S(=O)(O)O.O=S(=O)(O)O.O=S(=O)(O)O.O=S(=O)(O)O.O=S(=O)(O)O.O=S(=O)(O)O.O=S(=O)(O)O.O=S(=O)(O)O.O=S(=O)(O)O.O=S(=O)(O)O.O=S(=O)(O)O.O=S(=O)(O)O.O=S(=O)(O)O. The first-order valence-electron chi connectivity index (χ1n) is 10.5. The third-order valence-electron chi connectivity index (χ3n) is 0. The van der Waals surface area contributed by atoms with Gasteiger partial charge in [0.25, 0.3) is 0 Å². The van der Waals surface area contributed by atoms with E-state index in [4.69, 9.17) is 263 Å². The minimum Gasteiger partial charge on any atom is -0.412 e. The Morgan fingerprint density at radius 1 is 0.0805 bits per heavy atom. The summed E-state index contributed by atoms with van der Waals surface area (Å²) in [5, 5.41) is 0. The molecule has 0 rings (SSSR count). The number of rotatable bonds is 0. The topological polar surface area (TPSA) is 1500 Å². The summed E-state index contributed by atoms with van der Waals surface area (Å²) in [7, 11) is -70.0. The summed E-state index contributed by atoms with van der Waals surface area (Å²) >= 11 is 0. The van der Waals surface area contributed by atoms with E-state index in [0.29, 0.717) is 0 Å². The van der Waals surface area contributed by atoms with Crippen LogP contribution >= 0.6 is 0 Å². The van der Waals surface area contributed by atoms with Crippen LogP contribution in [0.3, 0.4) is 0 Å². The van der Waals surface area contributed by atoms with E-state index in [9.17, 15) is 0 Å². The second-order valence-corrected chi connectivity index (χ2v) is 20.2. The molecule has 0 bridgehead atoms. The molecule has 0 unspecified atom stereocenters. The average molecular weight is 1690 g/mol. The lowest BCUT2D eigenvalue weighted by Crippen LogP contribution is -1.89. The van der Waals surface area contributed by atoms with Crippen LogP contribution in [0.4, 0.5) is 0 Å². The summed E-state index contributed by atoms with van der Waals surface area (Å²) in [5.74, 6) is 0. The van der Waals surface area contributed by atoms with Crippen LogP contribution in [0, 0.1) is 0 Å². The Bertz CT molecular complexity index is 2180. The van der Waals surface area contributed by atoms with Gasteiger partial charge in [-0.3, -0.25) is 137 Å². The van der Waals surface area contributed by atoms with Crippen molar-refractivity contribution in [2.45, 2.75) is 0 Å². The van der Waals surface area contributed by atoms with E-state index < -0.39 is 156 Å². The van der Waals surface area contributed by atoms with Crippen molar-refractivity contribution in [3.63, 3.8) is 0 Å². The van der Waals surface area contributed by atoms with E-state index in [1.165, 1.54) is 0 Å². The molecule has 72 nitrogen and oxygen atoms in total. The molecule has 54 N–H and O–H groups in total. The van der Waals surface area contributed by atoms with Gasteiger partial charge in [0.1, 0.15) is 0 Å². The molecule has 0 aliphatic heterocycles. The van der Waals surface area contributed by atoms with Gasteiger partial charge in [0, 0.05) is 0 Å². The first-order valence-corrected chi connectivity index (χ1v) is 31.4. The molecule has 0 aliphatic carbocycles. The van der Waals surface area contributed by atoms with Crippen LogP contribution in [0.15, 0.2) is 0 Å². The molecular weight excluding hydrogens is 1630 g/mol. The van der Waals surface area contributed by atoms with Crippen molar-refractivity contribution in [2.75, 3.05) is 0 Å². The summed E-state index contributed by atoms with van der Waals surface area (Å²) < 4.78 is 474. The summed E-state index contributed by atoms with van der Waals surface area (Å²) in [6.45, 7) is 0. The van der Waals surface area contributed by atoms with E-state index in [1.54, 1.807) is 0 Å². The second kappa shape index (κ2) is 74.3. The molecule has 576 valence electrons. The zero-order chi connectivity index (χ0) is 67.5. The molecule has 0 atom stereocenters. The molecular formula is H54O72S15. The van der Waals surface area contributed by atoms with Gasteiger partial charge in [0.15, 0.2) is 0 Å². The van der Waals surface area contributed by atoms with Gasteiger partial charge in [0.05, 0.1) is 0 Å². The van der Waals surface area contributed by atoms with Crippen LogP contribution in [-0.4, -0.2) is 329 Å². The van der Waals surface area contributed by atoms with Crippen molar-refractivity contribution in [2.24, 2.45) is 0 Å². The van der Waals surface area contributed by atoms with E-state index in [-0.39, 0.29) is 65.7 Å². The Labute approximate surface area is 482 Å². The van der Waals surface area contributed by atoms with Gasteiger partial charge >= 0.3 is 156 Å². The van der Waals surface area contributed by atoms with Crippen LogP contribution in [0.5, 0.6) is 0 Å². The fourth-order valence-corrected chi connectivity index (χ4v) is 0. The second-order valence-electron chi connectivity index (χ2n) is 6.72. The van der Waals surface area contributed by atoms with E-state index in [1.807, 2.05) is 0 Å². The summed E-state index contributed by atoms with van der Waals surface area (Å²) in [6, 6.07) is 0. The predicted molar refractivity (Wildman–Crippen MR) is 256 cm³/mol.